The molecule has 3 aliphatic heterocycles. The van der Waals surface area contributed by atoms with Crippen molar-refractivity contribution in [3.05, 3.63) is 23.3 Å². The maximum Gasteiger partial charge on any atom is 0.337 e. The molecule has 0 spiro atoms. The van der Waals surface area contributed by atoms with Gasteiger partial charge in [-0.05, 0) is 6.92 Å². The van der Waals surface area contributed by atoms with Crippen molar-refractivity contribution < 1.29 is 38.7 Å². The molecule has 1 unspecified atom stereocenters. The molecular formula is C19H24O8. The molecule has 3 heterocycles. The minimum atomic E-state index is -0.903. The molecule has 0 saturated carbocycles. The van der Waals surface area contributed by atoms with E-state index in [1.165, 1.54) is 0 Å². The van der Waals surface area contributed by atoms with E-state index in [0.29, 0.717) is 5.57 Å². The summed E-state index contributed by atoms with van der Waals surface area (Å²) in [5, 5.41) is 19.6. The normalized spacial score (nSPS) is 42.2. The predicted molar refractivity (Wildman–Crippen MR) is 90.4 cm³/mol. The first-order valence-corrected chi connectivity index (χ1v) is 9.16. The van der Waals surface area contributed by atoms with Crippen molar-refractivity contribution in [1.29, 1.82) is 0 Å². The lowest BCUT2D eigenvalue weighted by atomic mass is 9.85. The van der Waals surface area contributed by atoms with Crippen LogP contribution in [0.15, 0.2) is 23.3 Å². The highest BCUT2D eigenvalue weighted by molar-refractivity contribution is 5.93. The minimum absolute atomic E-state index is 0.0780. The van der Waals surface area contributed by atoms with E-state index < -0.39 is 48.1 Å². The predicted octanol–water partition coefficient (Wildman–Crippen LogP) is 0.0158. The summed E-state index contributed by atoms with van der Waals surface area (Å²) in [6.07, 6.45) is 1.45. The van der Waals surface area contributed by atoms with Crippen molar-refractivity contribution in [3.8, 4) is 0 Å². The van der Waals surface area contributed by atoms with Crippen LogP contribution in [0, 0.1) is 5.92 Å². The summed E-state index contributed by atoms with van der Waals surface area (Å²) in [5.74, 6) is -1.46. The number of aliphatic hydroxyl groups excluding tert-OH is 2. The standard InChI is InChI=1S/C19H24O8/c1-9(2)16(22)24-11-6-19(8-21)12(26-19)4-5-18(3)15(27-18)14-13(11)10(7-20)17(23)25-14/h4-5,9,11-12,14-15,20-21H,6-8H2,1-3H3/t11?,12-,14-,15+,18+,19-/m0/s1. The second kappa shape index (κ2) is 6.13. The molecule has 0 aromatic heterocycles. The van der Waals surface area contributed by atoms with Crippen LogP contribution in [-0.4, -0.2) is 71.0 Å². The molecule has 27 heavy (non-hydrogen) atoms. The summed E-state index contributed by atoms with van der Waals surface area (Å²) in [4.78, 5) is 24.6. The van der Waals surface area contributed by atoms with Crippen molar-refractivity contribution in [2.75, 3.05) is 13.2 Å². The molecule has 6 atom stereocenters. The summed E-state index contributed by atoms with van der Waals surface area (Å²) in [7, 11) is 0. The summed E-state index contributed by atoms with van der Waals surface area (Å²) in [5.41, 5.74) is -1.07. The van der Waals surface area contributed by atoms with Crippen molar-refractivity contribution in [3.63, 3.8) is 0 Å². The lowest BCUT2D eigenvalue weighted by Crippen LogP contribution is -2.38. The molecule has 2 fully saturated rings. The lowest BCUT2D eigenvalue weighted by molar-refractivity contribution is -0.152. The number of fused-ring (bicyclic) bond motifs is 4. The van der Waals surface area contributed by atoms with Gasteiger partial charge in [-0.25, -0.2) is 4.79 Å². The third-order valence-electron chi connectivity index (χ3n) is 5.76. The molecule has 0 aromatic rings. The van der Waals surface area contributed by atoms with Gasteiger partial charge >= 0.3 is 11.9 Å². The van der Waals surface area contributed by atoms with Gasteiger partial charge in [-0.3, -0.25) is 4.79 Å². The van der Waals surface area contributed by atoms with Crippen LogP contribution in [-0.2, 0) is 28.5 Å². The maximum absolute atomic E-state index is 12.3. The Balaban J connectivity index is 1.78. The van der Waals surface area contributed by atoms with E-state index in [1.54, 1.807) is 13.8 Å². The zero-order chi connectivity index (χ0) is 19.6. The highest BCUT2D eigenvalue weighted by Crippen LogP contribution is 2.51. The van der Waals surface area contributed by atoms with Crippen molar-refractivity contribution >= 4 is 11.9 Å². The Hall–Kier alpha value is -1.74. The first kappa shape index (κ1) is 18.6. The Kier molecular flexibility index (Phi) is 4.23. The second-order valence-corrected chi connectivity index (χ2v) is 8.05. The van der Waals surface area contributed by atoms with E-state index in [2.05, 4.69) is 0 Å². The topological polar surface area (TPSA) is 118 Å². The van der Waals surface area contributed by atoms with Gasteiger partial charge in [0.15, 0.2) is 6.10 Å². The van der Waals surface area contributed by atoms with Crippen LogP contribution in [0.3, 0.4) is 0 Å². The average molecular weight is 380 g/mol. The molecule has 2 N–H and O–H groups in total. The van der Waals surface area contributed by atoms with Gasteiger partial charge in [-0.2, -0.15) is 0 Å². The molecule has 1 aliphatic carbocycles. The Morgan fingerprint density at radius 3 is 2.74 bits per heavy atom. The van der Waals surface area contributed by atoms with Gasteiger partial charge in [-0.1, -0.05) is 26.0 Å². The number of rotatable bonds is 4. The molecule has 8 nitrogen and oxygen atoms in total. The van der Waals surface area contributed by atoms with Crippen LogP contribution in [0.5, 0.6) is 0 Å². The van der Waals surface area contributed by atoms with E-state index in [4.69, 9.17) is 18.9 Å². The van der Waals surface area contributed by atoms with Gasteiger partial charge in [0.25, 0.3) is 0 Å². The Labute approximate surface area is 156 Å². The fourth-order valence-corrected chi connectivity index (χ4v) is 3.91. The number of hydrogen-bond acceptors (Lipinski definition) is 8. The zero-order valence-corrected chi connectivity index (χ0v) is 15.5. The number of esters is 2. The number of ether oxygens (including phenoxy) is 4. The van der Waals surface area contributed by atoms with E-state index >= 15 is 0 Å². The van der Waals surface area contributed by atoms with E-state index in [0.717, 1.165) is 0 Å². The minimum Gasteiger partial charge on any atom is -0.457 e. The van der Waals surface area contributed by atoms with Crippen LogP contribution in [0.1, 0.15) is 27.2 Å². The fraction of sp³-hybridized carbons (Fsp3) is 0.684. The maximum atomic E-state index is 12.3. The lowest BCUT2D eigenvalue weighted by Gasteiger charge is -2.26. The summed E-state index contributed by atoms with van der Waals surface area (Å²) >= 11 is 0. The quantitative estimate of drug-likeness (QED) is 0.398. The molecule has 8 heteroatoms. The van der Waals surface area contributed by atoms with Gasteiger partial charge in [-0.15, -0.1) is 0 Å². The van der Waals surface area contributed by atoms with Crippen molar-refractivity contribution in [2.24, 2.45) is 5.92 Å². The number of epoxide rings is 2. The highest BCUT2D eigenvalue weighted by Gasteiger charge is 2.64. The first-order valence-electron chi connectivity index (χ1n) is 9.16. The summed E-state index contributed by atoms with van der Waals surface area (Å²) in [6, 6.07) is 0. The van der Waals surface area contributed by atoms with Crippen molar-refractivity contribution in [1.82, 2.24) is 0 Å². The summed E-state index contributed by atoms with van der Waals surface area (Å²) in [6.45, 7) is 4.48. The second-order valence-electron chi connectivity index (χ2n) is 8.05. The van der Waals surface area contributed by atoms with E-state index in [1.807, 2.05) is 19.1 Å². The highest BCUT2D eigenvalue weighted by atomic mass is 16.7. The third kappa shape index (κ3) is 2.91. The number of aliphatic hydroxyl groups is 2. The Morgan fingerprint density at radius 1 is 1.37 bits per heavy atom. The fourth-order valence-electron chi connectivity index (χ4n) is 3.91. The SMILES string of the molecule is CC(C)C(=O)OC1C[C@@]2(CO)O[C@H]2C=C[C@@]2(C)O[C@@H]2[C@H]2OC(=O)C(CO)=C12. The Morgan fingerprint density at radius 2 is 2.11 bits per heavy atom. The molecule has 2 saturated heterocycles. The first-order chi connectivity index (χ1) is 12.7. The zero-order valence-electron chi connectivity index (χ0n) is 15.5. The molecule has 0 aromatic carbocycles. The third-order valence-corrected chi connectivity index (χ3v) is 5.76. The molecule has 4 rings (SSSR count). The monoisotopic (exact) mass is 380 g/mol. The van der Waals surface area contributed by atoms with Crippen LogP contribution in [0.4, 0.5) is 0 Å². The van der Waals surface area contributed by atoms with Gasteiger partial charge in [0, 0.05) is 12.0 Å². The van der Waals surface area contributed by atoms with Crippen LogP contribution in [0.2, 0.25) is 0 Å². The largest absolute Gasteiger partial charge is 0.457 e. The molecular weight excluding hydrogens is 356 g/mol. The summed E-state index contributed by atoms with van der Waals surface area (Å²) < 4.78 is 22.7. The van der Waals surface area contributed by atoms with E-state index in [9.17, 15) is 19.8 Å². The number of carbonyl (C=O) groups is 2. The van der Waals surface area contributed by atoms with Crippen LogP contribution >= 0.6 is 0 Å². The van der Waals surface area contributed by atoms with Crippen LogP contribution < -0.4 is 0 Å². The smallest absolute Gasteiger partial charge is 0.337 e. The van der Waals surface area contributed by atoms with Crippen molar-refractivity contribution in [2.45, 2.75) is 62.8 Å². The molecule has 0 bridgehead atoms. The van der Waals surface area contributed by atoms with Gasteiger partial charge < -0.3 is 29.2 Å². The van der Waals surface area contributed by atoms with Gasteiger partial charge in [0.1, 0.15) is 29.5 Å². The number of carbonyl (C=O) groups excluding carboxylic acids is 2. The van der Waals surface area contributed by atoms with E-state index in [-0.39, 0.29) is 30.6 Å². The van der Waals surface area contributed by atoms with Crippen LogP contribution in [0.25, 0.3) is 0 Å². The molecule has 0 radical (unpaired) electrons. The molecule has 0 amide bonds. The average Bonchev–Trinajstić information content (AvgIpc) is 3.47. The molecule has 4 aliphatic rings. The van der Waals surface area contributed by atoms with Gasteiger partial charge in [0.2, 0.25) is 0 Å². The number of hydrogen-bond donors (Lipinski definition) is 2. The van der Waals surface area contributed by atoms with Gasteiger partial charge in [0.05, 0.1) is 24.7 Å². The Bertz CT molecular complexity index is 740. The molecule has 148 valence electrons.